The lowest BCUT2D eigenvalue weighted by molar-refractivity contribution is -0.161. The Morgan fingerprint density at radius 2 is 1.88 bits per heavy atom. The van der Waals surface area contributed by atoms with Crippen LogP contribution < -0.4 is 4.74 Å². The highest BCUT2D eigenvalue weighted by Crippen LogP contribution is 2.60. The molecule has 4 rings (SSSR count). The fraction of sp³-hybridized carbons (Fsp3) is 0.667. The van der Waals surface area contributed by atoms with Crippen LogP contribution in [-0.4, -0.2) is 79.5 Å². The van der Waals surface area contributed by atoms with Crippen LogP contribution in [0, 0.1) is 17.3 Å². The fourth-order valence-electron chi connectivity index (χ4n) is 6.40. The molecule has 182 valence electrons. The lowest BCUT2D eigenvalue weighted by Gasteiger charge is -2.49. The molecule has 9 heteroatoms. The van der Waals surface area contributed by atoms with Crippen molar-refractivity contribution >= 4 is 12.3 Å². The Bertz CT molecular complexity index is 904. The Hall–Kier alpha value is -1.88. The molecule has 9 nitrogen and oxygen atoms in total. The summed E-state index contributed by atoms with van der Waals surface area (Å²) in [6, 6.07) is 5.24. The van der Waals surface area contributed by atoms with Gasteiger partial charge in [-0.3, -0.25) is 0 Å². The van der Waals surface area contributed by atoms with Gasteiger partial charge in [0.2, 0.25) is 0 Å². The van der Waals surface area contributed by atoms with E-state index in [1.165, 1.54) is 0 Å². The molecule has 0 heterocycles. The Morgan fingerprint density at radius 1 is 1.15 bits per heavy atom. The van der Waals surface area contributed by atoms with Gasteiger partial charge in [-0.15, -0.1) is 0 Å². The summed E-state index contributed by atoms with van der Waals surface area (Å²) in [5, 5.41) is 59.5. The maximum atomic E-state index is 12.2. The number of aldehydes is 1. The van der Waals surface area contributed by atoms with Gasteiger partial charge in [-0.2, -0.15) is 0 Å². The van der Waals surface area contributed by atoms with E-state index in [1.54, 1.807) is 12.1 Å². The van der Waals surface area contributed by atoms with Crippen molar-refractivity contribution in [1.82, 2.24) is 0 Å². The van der Waals surface area contributed by atoms with E-state index in [9.17, 15) is 40.2 Å². The number of fused-ring (bicyclic) bond motifs is 5. The summed E-state index contributed by atoms with van der Waals surface area (Å²) in [6.45, 7) is 2.08. The fourth-order valence-corrected chi connectivity index (χ4v) is 6.40. The van der Waals surface area contributed by atoms with Crippen molar-refractivity contribution in [2.45, 2.75) is 81.6 Å². The number of ether oxygens (including phenoxy) is 1. The van der Waals surface area contributed by atoms with E-state index in [-0.39, 0.29) is 23.4 Å². The van der Waals surface area contributed by atoms with Gasteiger partial charge in [0, 0.05) is 0 Å². The highest BCUT2D eigenvalue weighted by molar-refractivity contribution is 5.78. The molecule has 0 unspecified atom stereocenters. The summed E-state index contributed by atoms with van der Waals surface area (Å²) < 4.78 is 5.18. The molecule has 3 aliphatic rings. The van der Waals surface area contributed by atoms with Crippen molar-refractivity contribution in [3.8, 4) is 5.75 Å². The molecule has 3 aliphatic carbocycles. The number of benzene rings is 1. The summed E-state index contributed by atoms with van der Waals surface area (Å²) >= 11 is 0. The first-order valence-electron chi connectivity index (χ1n) is 11.5. The molecule has 1 aromatic rings. The van der Waals surface area contributed by atoms with Gasteiger partial charge in [-0.1, -0.05) is 13.0 Å². The maximum Gasteiger partial charge on any atom is 0.343 e. The van der Waals surface area contributed by atoms with Gasteiger partial charge in [-0.05, 0) is 78.5 Å². The zero-order valence-electron chi connectivity index (χ0n) is 18.4. The van der Waals surface area contributed by atoms with Crippen molar-refractivity contribution in [3.05, 3.63) is 29.3 Å². The third-order valence-corrected chi connectivity index (χ3v) is 8.29. The molecule has 10 atom stereocenters. The van der Waals surface area contributed by atoms with Crippen molar-refractivity contribution in [3.63, 3.8) is 0 Å². The minimum atomic E-state index is -2.15. The van der Waals surface area contributed by atoms with Crippen molar-refractivity contribution in [2.24, 2.45) is 17.3 Å². The van der Waals surface area contributed by atoms with E-state index >= 15 is 0 Å². The smallest absolute Gasteiger partial charge is 0.343 e. The molecule has 6 N–H and O–H groups in total. The molecule has 33 heavy (non-hydrogen) atoms. The molecule has 0 saturated heterocycles. The van der Waals surface area contributed by atoms with Crippen LogP contribution in [0.25, 0.3) is 0 Å². The van der Waals surface area contributed by atoms with Crippen LogP contribution in [0.2, 0.25) is 0 Å². The normalized spacial score (nSPS) is 36.5. The number of aliphatic hydroxyl groups is 6. The van der Waals surface area contributed by atoms with E-state index < -0.39 is 42.6 Å². The molecule has 2 fully saturated rings. The second kappa shape index (κ2) is 9.05. The van der Waals surface area contributed by atoms with Crippen LogP contribution in [0.5, 0.6) is 5.75 Å². The highest BCUT2D eigenvalue weighted by Gasteiger charge is 2.57. The molecule has 0 aromatic heterocycles. The SMILES string of the molecule is C[C@]12CC[C@@H]3c4ccc(OC(=O)[C@@H](O)[C@@H](O)[C@H](O)[C@@H](O)C=O)cc4CC[C@H]3[C@@H]1C[C@@H](O)[C@@H]2O. The lowest BCUT2D eigenvalue weighted by Crippen LogP contribution is -2.49. The van der Waals surface area contributed by atoms with Crippen LogP contribution in [0.3, 0.4) is 0 Å². The third kappa shape index (κ3) is 4.11. The number of hydrogen-bond acceptors (Lipinski definition) is 9. The second-order valence-electron chi connectivity index (χ2n) is 10.0. The van der Waals surface area contributed by atoms with Gasteiger partial charge in [0.25, 0.3) is 0 Å². The van der Waals surface area contributed by atoms with E-state index in [0.717, 1.165) is 36.8 Å². The zero-order valence-corrected chi connectivity index (χ0v) is 18.4. The summed E-state index contributed by atoms with van der Waals surface area (Å²) in [5.41, 5.74) is 1.91. The molecule has 0 aliphatic heterocycles. The molecule has 2 saturated carbocycles. The number of aryl methyl sites for hydroxylation is 1. The van der Waals surface area contributed by atoms with Gasteiger partial charge in [-0.25, -0.2) is 4.79 Å². The maximum absolute atomic E-state index is 12.2. The minimum absolute atomic E-state index is 0.0104. The van der Waals surface area contributed by atoms with Gasteiger partial charge in [0.1, 0.15) is 24.1 Å². The van der Waals surface area contributed by atoms with E-state index in [2.05, 4.69) is 6.92 Å². The van der Waals surface area contributed by atoms with Crippen LogP contribution in [0.4, 0.5) is 0 Å². The summed E-state index contributed by atoms with van der Waals surface area (Å²) in [4.78, 5) is 22.8. The van der Waals surface area contributed by atoms with Gasteiger partial charge in [0.05, 0.1) is 12.2 Å². The average Bonchev–Trinajstić information content (AvgIpc) is 3.05. The predicted molar refractivity (Wildman–Crippen MR) is 114 cm³/mol. The standard InChI is InChI=1S/C24H32O9/c1-24-7-6-14-13-5-3-12(33-23(32)21(30)20(29)19(28)18(27)10-25)8-11(13)2-4-15(14)16(24)9-17(26)22(24)31/h3,5,8,10,14-22,26-31H,2,4,6-7,9H2,1H3/t14-,15-,16+,17-,18+,19-,20+,21+,22+,24+/m1/s1. The lowest BCUT2D eigenvalue weighted by atomic mass is 9.55. The van der Waals surface area contributed by atoms with Gasteiger partial charge < -0.3 is 40.2 Å². The highest BCUT2D eigenvalue weighted by atomic mass is 16.6. The van der Waals surface area contributed by atoms with Crippen LogP contribution in [0.1, 0.15) is 49.7 Å². The van der Waals surface area contributed by atoms with Crippen LogP contribution in [-0.2, 0) is 16.0 Å². The van der Waals surface area contributed by atoms with Gasteiger partial charge >= 0.3 is 5.97 Å². The summed E-state index contributed by atoms with van der Waals surface area (Å²) in [5.74, 6) is -0.130. The number of esters is 1. The molecule has 0 amide bonds. The van der Waals surface area contributed by atoms with E-state index in [0.29, 0.717) is 18.3 Å². The Balaban J connectivity index is 1.46. The molecular weight excluding hydrogens is 432 g/mol. The van der Waals surface area contributed by atoms with Crippen molar-refractivity contribution in [2.75, 3.05) is 0 Å². The largest absolute Gasteiger partial charge is 0.425 e. The molecular formula is C24H32O9. The third-order valence-electron chi connectivity index (χ3n) is 8.29. The van der Waals surface area contributed by atoms with Crippen molar-refractivity contribution < 1.29 is 45.0 Å². The number of hydrogen-bond donors (Lipinski definition) is 6. The molecule has 1 aromatic carbocycles. The zero-order chi connectivity index (χ0) is 24.1. The summed E-state index contributed by atoms with van der Waals surface area (Å²) in [7, 11) is 0. The predicted octanol–water partition coefficient (Wildman–Crippen LogP) is -0.578. The monoisotopic (exact) mass is 464 g/mol. The van der Waals surface area contributed by atoms with Gasteiger partial charge in [0.15, 0.2) is 12.4 Å². The first kappa shape index (κ1) is 24.3. The quantitative estimate of drug-likeness (QED) is 0.184. The molecule has 0 bridgehead atoms. The number of aliphatic hydroxyl groups excluding tert-OH is 6. The average molecular weight is 465 g/mol. The number of carbonyl (C=O) groups excluding carboxylic acids is 2. The Morgan fingerprint density at radius 3 is 2.58 bits per heavy atom. The summed E-state index contributed by atoms with van der Waals surface area (Å²) in [6.07, 6.45) is -5.64. The Labute approximate surface area is 191 Å². The first-order chi connectivity index (χ1) is 15.6. The number of rotatable bonds is 6. The van der Waals surface area contributed by atoms with E-state index in [1.807, 2.05) is 6.07 Å². The van der Waals surface area contributed by atoms with Crippen molar-refractivity contribution in [1.29, 1.82) is 0 Å². The van der Waals surface area contributed by atoms with Crippen LogP contribution in [0.15, 0.2) is 18.2 Å². The topological polar surface area (TPSA) is 165 Å². The molecule has 0 spiro atoms. The van der Waals surface area contributed by atoms with Crippen LogP contribution >= 0.6 is 0 Å². The Kier molecular flexibility index (Phi) is 6.65. The second-order valence-corrected chi connectivity index (χ2v) is 10.0. The molecule has 0 radical (unpaired) electrons. The van der Waals surface area contributed by atoms with E-state index in [4.69, 9.17) is 4.74 Å². The number of carbonyl (C=O) groups is 2. The first-order valence-corrected chi connectivity index (χ1v) is 11.5. The minimum Gasteiger partial charge on any atom is -0.425 e.